The van der Waals surface area contributed by atoms with Gasteiger partial charge in [0.2, 0.25) is 0 Å². The third kappa shape index (κ3) is 4.44. The molecule has 0 bridgehead atoms. The Kier molecular flexibility index (Phi) is 5.33. The lowest BCUT2D eigenvalue weighted by molar-refractivity contribution is -0.123. The Labute approximate surface area is 135 Å². The smallest absolute Gasteiger partial charge is 0.150 e. The van der Waals surface area contributed by atoms with E-state index in [4.69, 9.17) is 23.2 Å². The molecule has 0 radical (unpaired) electrons. The first-order valence-electron chi connectivity index (χ1n) is 6.93. The van der Waals surface area contributed by atoms with Gasteiger partial charge in [-0.25, -0.2) is 8.42 Å². The highest BCUT2D eigenvalue weighted by molar-refractivity contribution is 7.91. The van der Waals surface area contributed by atoms with Gasteiger partial charge in [0.05, 0.1) is 15.3 Å². The van der Waals surface area contributed by atoms with Crippen molar-refractivity contribution in [2.75, 3.05) is 6.26 Å². The minimum absolute atomic E-state index is 0.0849. The van der Waals surface area contributed by atoms with Crippen LogP contribution >= 0.6 is 23.2 Å². The predicted octanol–water partition coefficient (Wildman–Crippen LogP) is 3.71. The molecule has 0 spiro atoms. The van der Waals surface area contributed by atoms with Gasteiger partial charge in [0.15, 0.2) is 0 Å². The number of hydrogen-bond acceptors (Lipinski definition) is 3. The van der Waals surface area contributed by atoms with Crippen LogP contribution in [0.5, 0.6) is 0 Å². The van der Waals surface area contributed by atoms with E-state index in [0.717, 1.165) is 18.4 Å². The van der Waals surface area contributed by atoms with Crippen molar-refractivity contribution in [1.29, 1.82) is 0 Å². The molecule has 0 saturated heterocycles. The fraction of sp³-hybridized carbons (Fsp3) is 0.533. The molecular formula is C15H18Cl2O3S. The number of halogens is 2. The fourth-order valence-electron chi connectivity index (χ4n) is 2.82. The van der Waals surface area contributed by atoms with Crippen molar-refractivity contribution in [2.24, 2.45) is 5.92 Å². The molecule has 1 aliphatic rings. The third-order valence-corrected chi connectivity index (χ3v) is 6.43. The SMILES string of the molecule is CS(=O)(=O)C1CCCC(C(=O)Cc2ccc(Cl)c(Cl)c2)C1. The standard InChI is InChI=1S/C15H18Cl2O3S/c1-21(19,20)12-4-2-3-11(9-12)15(18)8-10-5-6-13(16)14(17)7-10/h5-7,11-12H,2-4,8-9H2,1H3. The Bertz CT molecular complexity index is 640. The molecule has 2 rings (SSSR count). The zero-order valence-electron chi connectivity index (χ0n) is 11.8. The lowest BCUT2D eigenvalue weighted by atomic mass is 9.84. The van der Waals surface area contributed by atoms with E-state index < -0.39 is 9.84 Å². The van der Waals surface area contributed by atoms with Crippen LogP contribution in [0.4, 0.5) is 0 Å². The van der Waals surface area contributed by atoms with Gasteiger partial charge in [-0.1, -0.05) is 35.7 Å². The normalized spacial score (nSPS) is 23.0. The average molecular weight is 349 g/mol. The van der Waals surface area contributed by atoms with Crippen LogP contribution in [-0.4, -0.2) is 25.7 Å². The van der Waals surface area contributed by atoms with Crippen molar-refractivity contribution in [3.8, 4) is 0 Å². The number of carbonyl (C=O) groups is 1. The van der Waals surface area contributed by atoms with E-state index in [1.54, 1.807) is 18.2 Å². The molecule has 1 saturated carbocycles. The van der Waals surface area contributed by atoms with Crippen molar-refractivity contribution in [3.05, 3.63) is 33.8 Å². The summed E-state index contributed by atoms with van der Waals surface area (Å²) in [6.07, 6.45) is 4.19. The van der Waals surface area contributed by atoms with Crippen LogP contribution in [0.25, 0.3) is 0 Å². The lowest BCUT2D eigenvalue weighted by Crippen LogP contribution is -2.31. The molecule has 1 aromatic rings. The summed E-state index contributed by atoms with van der Waals surface area (Å²) in [4.78, 5) is 12.4. The number of hydrogen-bond donors (Lipinski definition) is 0. The molecule has 0 aliphatic heterocycles. The molecule has 6 heteroatoms. The summed E-state index contributed by atoms with van der Waals surface area (Å²) in [6.45, 7) is 0. The average Bonchev–Trinajstić information content (AvgIpc) is 2.42. The Hall–Kier alpha value is -0.580. The van der Waals surface area contributed by atoms with Crippen LogP contribution in [0.3, 0.4) is 0 Å². The van der Waals surface area contributed by atoms with Crippen molar-refractivity contribution >= 4 is 38.8 Å². The summed E-state index contributed by atoms with van der Waals surface area (Å²) in [6, 6.07) is 5.15. The minimum Gasteiger partial charge on any atom is -0.299 e. The molecule has 0 amide bonds. The molecule has 0 heterocycles. The highest BCUT2D eigenvalue weighted by atomic mass is 35.5. The highest BCUT2D eigenvalue weighted by Gasteiger charge is 2.32. The number of benzene rings is 1. The van der Waals surface area contributed by atoms with E-state index in [1.807, 2.05) is 0 Å². The second-order valence-corrected chi connectivity index (χ2v) is 8.85. The second-order valence-electron chi connectivity index (χ2n) is 5.71. The molecule has 2 unspecified atom stereocenters. The van der Waals surface area contributed by atoms with Gasteiger partial charge in [-0.3, -0.25) is 4.79 Å². The first-order chi connectivity index (χ1) is 9.77. The summed E-state index contributed by atoms with van der Waals surface area (Å²) in [5.41, 5.74) is 0.816. The lowest BCUT2D eigenvalue weighted by Gasteiger charge is -2.27. The van der Waals surface area contributed by atoms with Gasteiger partial charge in [-0.05, 0) is 37.0 Å². The Morgan fingerprint density at radius 2 is 1.95 bits per heavy atom. The maximum atomic E-state index is 12.4. The monoisotopic (exact) mass is 348 g/mol. The van der Waals surface area contributed by atoms with Crippen LogP contribution in [0.1, 0.15) is 31.2 Å². The summed E-state index contributed by atoms with van der Waals surface area (Å²) in [5.74, 6) is -0.0883. The van der Waals surface area contributed by atoms with E-state index in [-0.39, 0.29) is 23.4 Å². The van der Waals surface area contributed by atoms with Gasteiger partial charge in [0.25, 0.3) is 0 Å². The maximum Gasteiger partial charge on any atom is 0.150 e. The zero-order chi connectivity index (χ0) is 15.6. The molecular weight excluding hydrogens is 331 g/mol. The maximum absolute atomic E-state index is 12.4. The van der Waals surface area contributed by atoms with Crippen LogP contribution in [-0.2, 0) is 21.1 Å². The van der Waals surface area contributed by atoms with Crippen molar-refractivity contribution in [2.45, 2.75) is 37.4 Å². The molecule has 1 fully saturated rings. The Morgan fingerprint density at radius 1 is 1.24 bits per heavy atom. The van der Waals surface area contributed by atoms with E-state index in [9.17, 15) is 13.2 Å². The molecule has 1 aromatic carbocycles. The quantitative estimate of drug-likeness (QED) is 0.833. The largest absolute Gasteiger partial charge is 0.299 e. The summed E-state index contributed by atoms with van der Waals surface area (Å²) in [5, 5.41) is 0.510. The molecule has 2 atom stereocenters. The van der Waals surface area contributed by atoms with E-state index >= 15 is 0 Å². The number of sulfone groups is 1. The van der Waals surface area contributed by atoms with Crippen molar-refractivity contribution in [1.82, 2.24) is 0 Å². The first-order valence-corrected chi connectivity index (χ1v) is 9.64. The molecule has 116 valence electrons. The van der Waals surface area contributed by atoms with Gasteiger partial charge < -0.3 is 0 Å². The number of carbonyl (C=O) groups excluding carboxylic acids is 1. The van der Waals surface area contributed by atoms with Crippen LogP contribution in [0, 0.1) is 5.92 Å². The zero-order valence-corrected chi connectivity index (χ0v) is 14.1. The van der Waals surface area contributed by atoms with Crippen LogP contribution in [0.2, 0.25) is 10.0 Å². The van der Waals surface area contributed by atoms with Gasteiger partial charge >= 0.3 is 0 Å². The summed E-state index contributed by atoms with van der Waals surface area (Å²) >= 11 is 11.8. The Morgan fingerprint density at radius 3 is 2.57 bits per heavy atom. The number of ketones is 1. The predicted molar refractivity (Wildman–Crippen MR) is 85.8 cm³/mol. The van der Waals surface area contributed by atoms with Crippen LogP contribution in [0.15, 0.2) is 18.2 Å². The van der Waals surface area contributed by atoms with Crippen LogP contribution < -0.4 is 0 Å². The van der Waals surface area contributed by atoms with E-state index in [1.165, 1.54) is 6.26 Å². The molecule has 0 N–H and O–H groups in total. The molecule has 0 aromatic heterocycles. The van der Waals surface area contributed by atoms with Crippen molar-refractivity contribution < 1.29 is 13.2 Å². The molecule has 3 nitrogen and oxygen atoms in total. The van der Waals surface area contributed by atoms with Crippen molar-refractivity contribution in [3.63, 3.8) is 0 Å². The van der Waals surface area contributed by atoms with E-state index in [2.05, 4.69) is 0 Å². The fourth-order valence-corrected chi connectivity index (χ4v) is 4.32. The third-order valence-electron chi connectivity index (χ3n) is 4.05. The molecule has 21 heavy (non-hydrogen) atoms. The molecule has 1 aliphatic carbocycles. The van der Waals surface area contributed by atoms with E-state index in [0.29, 0.717) is 22.9 Å². The summed E-state index contributed by atoms with van der Waals surface area (Å²) < 4.78 is 23.3. The van der Waals surface area contributed by atoms with Gasteiger partial charge in [-0.2, -0.15) is 0 Å². The van der Waals surface area contributed by atoms with Gasteiger partial charge in [-0.15, -0.1) is 0 Å². The second kappa shape index (κ2) is 6.67. The van der Waals surface area contributed by atoms with Gasteiger partial charge in [0.1, 0.15) is 15.6 Å². The minimum atomic E-state index is -3.07. The Balaban J connectivity index is 2.04. The van der Waals surface area contributed by atoms with Gasteiger partial charge in [0, 0.05) is 18.6 Å². The number of rotatable bonds is 4. The number of Topliss-reactive ketones (excluding diaryl/α,β-unsaturated/α-hetero) is 1. The summed E-state index contributed by atoms with van der Waals surface area (Å²) in [7, 11) is -3.07. The first kappa shape index (κ1) is 16.8. The highest BCUT2D eigenvalue weighted by Crippen LogP contribution is 2.30. The topological polar surface area (TPSA) is 51.2 Å².